The first-order chi connectivity index (χ1) is 24.5. The van der Waals surface area contributed by atoms with Gasteiger partial charge in [0.05, 0.1) is 30.7 Å². The maximum atomic E-state index is 13.9. The van der Waals surface area contributed by atoms with Crippen LogP contribution in [-0.4, -0.2) is 55.5 Å². The fourth-order valence-corrected chi connectivity index (χ4v) is 6.48. The van der Waals surface area contributed by atoms with Crippen molar-refractivity contribution in [2.24, 2.45) is 0 Å². The van der Waals surface area contributed by atoms with Crippen molar-refractivity contribution in [3.63, 3.8) is 0 Å². The van der Waals surface area contributed by atoms with E-state index in [0.29, 0.717) is 11.4 Å². The molecule has 50 heavy (non-hydrogen) atoms. The molecule has 2 aliphatic rings. The van der Waals surface area contributed by atoms with E-state index in [0.717, 1.165) is 43.2 Å². The van der Waals surface area contributed by atoms with E-state index >= 15 is 0 Å². The summed E-state index contributed by atoms with van der Waals surface area (Å²) in [5, 5.41) is 0. The van der Waals surface area contributed by atoms with Crippen molar-refractivity contribution in [1.82, 2.24) is 0 Å². The van der Waals surface area contributed by atoms with Crippen LogP contribution in [0.4, 0.5) is 16.2 Å². The van der Waals surface area contributed by atoms with Gasteiger partial charge >= 0.3 is 12.1 Å². The monoisotopic (exact) mass is 679 g/mol. The number of benzene rings is 4. The normalized spacial score (nSPS) is 22.4. The molecule has 9 nitrogen and oxygen atoms in total. The first-order valence-electron chi connectivity index (χ1n) is 17.4. The molecule has 2 fully saturated rings. The molecule has 0 unspecified atom stereocenters. The van der Waals surface area contributed by atoms with E-state index in [1.54, 1.807) is 0 Å². The summed E-state index contributed by atoms with van der Waals surface area (Å²) in [7, 11) is 0. The molecule has 1 saturated carbocycles. The molecule has 0 spiro atoms. The fourth-order valence-electron chi connectivity index (χ4n) is 6.48. The van der Waals surface area contributed by atoms with Crippen LogP contribution in [0.2, 0.25) is 0 Å². The molecule has 0 radical (unpaired) electrons. The maximum Gasteiger partial charge on any atom is 0.419 e. The molecule has 5 atom stereocenters. The number of amides is 1. The van der Waals surface area contributed by atoms with Gasteiger partial charge in [0.25, 0.3) is 0 Å². The van der Waals surface area contributed by atoms with Gasteiger partial charge in [-0.05, 0) is 48.2 Å². The zero-order valence-corrected chi connectivity index (χ0v) is 28.4. The highest BCUT2D eigenvalue weighted by Crippen LogP contribution is 2.34. The number of rotatable bonds is 13. The molecular weight excluding hydrogens is 634 g/mol. The molecule has 1 amide bonds. The molecule has 0 N–H and O–H groups in total. The summed E-state index contributed by atoms with van der Waals surface area (Å²) in [6.07, 6.45) is 0.100. The molecule has 4 aromatic rings. The summed E-state index contributed by atoms with van der Waals surface area (Å²) in [6.45, 7) is 1.61. The Kier molecular flexibility index (Phi) is 12.6. The molecule has 262 valence electrons. The third kappa shape index (κ3) is 9.57. The van der Waals surface area contributed by atoms with Crippen LogP contribution in [0.15, 0.2) is 121 Å². The first kappa shape index (κ1) is 35.3. The number of ether oxygens (including phenoxy) is 6. The van der Waals surface area contributed by atoms with Gasteiger partial charge in [-0.1, -0.05) is 116 Å². The largest absolute Gasteiger partial charge is 0.457 e. The van der Waals surface area contributed by atoms with Crippen molar-refractivity contribution in [3.05, 3.63) is 132 Å². The summed E-state index contributed by atoms with van der Waals surface area (Å²) in [5.74, 6) is -0.521. The zero-order chi connectivity index (χ0) is 34.5. The lowest BCUT2D eigenvalue weighted by Gasteiger charge is -2.46. The standard InChI is InChI=1S/C41H45NO8/c1-30(43)48-37-36(29-47-41(44)42(33-21-11-4-12-22-33)34-23-13-5-14-24-34)50-40(49-35-25-15-6-16-26-35)39(46-28-32-19-9-3-10-20-32)38(37)45-27-31-17-7-2-8-18-31/h2-5,7-14,17-24,35-40H,6,15-16,25-29H2,1H3/t36-,37-,38+,39-,40+/m1/s1. The average Bonchev–Trinajstić information content (AvgIpc) is 3.15. The second kappa shape index (κ2) is 17.9. The highest BCUT2D eigenvalue weighted by molar-refractivity contribution is 5.95. The van der Waals surface area contributed by atoms with Crippen molar-refractivity contribution < 1.29 is 38.0 Å². The number of para-hydroxylation sites is 2. The Labute approximate surface area is 294 Å². The molecule has 6 rings (SSSR count). The highest BCUT2D eigenvalue weighted by Gasteiger charge is 2.51. The van der Waals surface area contributed by atoms with Crippen molar-refractivity contribution in [2.45, 2.75) is 89.1 Å². The summed E-state index contributed by atoms with van der Waals surface area (Å²) in [4.78, 5) is 28.0. The van der Waals surface area contributed by atoms with Crippen LogP contribution in [0.25, 0.3) is 0 Å². The van der Waals surface area contributed by atoms with E-state index in [1.165, 1.54) is 11.8 Å². The predicted octanol–water partition coefficient (Wildman–Crippen LogP) is 8.14. The second-order valence-corrected chi connectivity index (χ2v) is 12.6. The third-order valence-electron chi connectivity index (χ3n) is 8.92. The Morgan fingerprint density at radius 1 is 0.660 bits per heavy atom. The van der Waals surface area contributed by atoms with Gasteiger partial charge in [-0.25, -0.2) is 9.69 Å². The van der Waals surface area contributed by atoms with Crippen LogP contribution in [0.3, 0.4) is 0 Å². The van der Waals surface area contributed by atoms with Crippen molar-refractivity contribution in [3.8, 4) is 0 Å². The third-order valence-corrected chi connectivity index (χ3v) is 8.92. The van der Waals surface area contributed by atoms with Crippen LogP contribution >= 0.6 is 0 Å². The molecule has 9 heteroatoms. The van der Waals surface area contributed by atoms with E-state index in [-0.39, 0.29) is 25.9 Å². The molecule has 1 aliphatic carbocycles. The minimum Gasteiger partial charge on any atom is -0.457 e. The SMILES string of the molecule is CC(=O)O[C@H]1[C@H](OCc2ccccc2)[C@@H](OCc2ccccc2)[C@@H](OC2CCCCC2)O[C@@H]1COC(=O)N(c1ccccc1)c1ccccc1. The van der Waals surface area contributed by atoms with Crippen LogP contribution in [0, 0.1) is 0 Å². The van der Waals surface area contributed by atoms with Gasteiger partial charge in [0.1, 0.15) is 24.9 Å². The van der Waals surface area contributed by atoms with Crippen molar-refractivity contribution in [2.75, 3.05) is 11.5 Å². The lowest BCUT2D eigenvalue weighted by molar-refractivity contribution is -0.330. The van der Waals surface area contributed by atoms with Gasteiger partial charge in [0, 0.05) is 6.92 Å². The van der Waals surface area contributed by atoms with E-state index in [4.69, 9.17) is 28.4 Å². The van der Waals surface area contributed by atoms with Crippen LogP contribution in [-0.2, 0) is 46.4 Å². The van der Waals surface area contributed by atoms with Gasteiger partial charge in [-0.15, -0.1) is 0 Å². The minimum absolute atomic E-state index is 0.0357. The number of nitrogens with zero attached hydrogens (tertiary/aromatic N) is 1. The average molecular weight is 680 g/mol. The Balaban J connectivity index is 1.30. The lowest BCUT2D eigenvalue weighted by atomic mass is 9.96. The molecule has 0 bridgehead atoms. The van der Waals surface area contributed by atoms with Gasteiger partial charge in [-0.3, -0.25) is 4.79 Å². The van der Waals surface area contributed by atoms with Gasteiger partial charge in [-0.2, -0.15) is 0 Å². The number of hydrogen-bond donors (Lipinski definition) is 0. The summed E-state index contributed by atoms with van der Waals surface area (Å²) in [6, 6.07) is 38.1. The Morgan fingerprint density at radius 2 is 1.16 bits per heavy atom. The number of carbonyl (C=O) groups excluding carboxylic acids is 2. The van der Waals surface area contributed by atoms with Crippen LogP contribution < -0.4 is 4.90 Å². The predicted molar refractivity (Wildman–Crippen MR) is 189 cm³/mol. The Bertz CT molecular complexity index is 1560. The fraction of sp³-hybridized carbons (Fsp3) is 0.366. The zero-order valence-electron chi connectivity index (χ0n) is 28.4. The molecular formula is C41H45NO8. The summed E-state index contributed by atoms with van der Waals surface area (Å²) >= 11 is 0. The van der Waals surface area contributed by atoms with Crippen molar-refractivity contribution >= 4 is 23.4 Å². The molecule has 4 aromatic carbocycles. The Morgan fingerprint density at radius 3 is 1.68 bits per heavy atom. The number of hydrogen-bond acceptors (Lipinski definition) is 8. The molecule has 1 aliphatic heterocycles. The highest BCUT2D eigenvalue weighted by atomic mass is 16.7. The van der Waals surface area contributed by atoms with Crippen LogP contribution in [0.1, 0.15) is 50.2 Å². The minimum atomic E-state index is -0.974. The van der Waals surface area contributed by atoms with E-state index in [2.05, 4.69) is 0 Å². The number of esters is 1. The quantitative estimate of drug-likeness (QED) is 0.131. The summed E-state index contributed by atoms with van der Waals surface area (Å²) in [5.41, 5.74) is 3.19. The van der Waals surface area contributed by atoms with Gasteiger partial charge < -0.3 is 28.4 Å². The molecule has 0 aromatic heterocycles. The van der Waals surface area contributed by atoms with E-state index in [1.807, 2.05) is 121 Å². The summed E-state index contributed by atoms with van der Waals surface area (Å²) < 4.78 is 38.5. The van der Waals surface area contributed by atoms with Gasteiger partial charge in [0.2, 0.25) is 0 Å². The number of carbonyl (C=O) groups is 2. The molecule has 1 heterocycles. The Hall–Kier alpha value is -4.54. The smallest absolute Gasteiger partial charge is 0.419 e. The van der Waals surface area contributed by atoms with Crippen molar-refractivity contribution in [1.29, 1.82) is 0 Å². The lowest BCUT2D eigenvalue weighted by Crippen LogP contribution is -2.62. The van der Waals surface area contributed by atoms with E-state index in [9.17, 15) is 9.59 Å². The first-order valence-corrected chi connectivity index (χ1v) is 17.4. The van der Waals surface area contributed by atoms with Crippen LogP contribution in [0.5, 0.6) is 0 Å². The van der Waals surface area contributed by atoms with E-state index < -0.39 is 42.8 Å². The maximum absolute atomic E-state index is 13.9. The number of anilines is 2. The molecule has 1 saturated heterocycles. The van der Waals surface area contributed by atoms with Gasteiger partial charge in [0.15, 0.2) is 12.4 Å². The second-order valence-electron chi connectivity index (χ2n) is 12.6. The topological polar surface area (TPSA) is 92.8 Å².